The van der Waals surface area contributed by atoms with Gasteiger partial charge in [-0.2, -0.15) is 0 Å². The molecule has 0 radical (unpaired) electrons. The molecule has 2 heterocycles. The lowest BCUT2D eigenvalue weighted by Gasteiger charge is -2.13. The molecule has 0 fully saturated rings. The van der Waals surface area contributed by atoms with E-state index in [1.54, 1.807) is 17.8 Å². The molecule has 0 aliphatic carbocycles. The van der Waals surface area contributed by atoms with Crippen molar-refractivity contribution in [2.24, 2.45) is 0 Å². The van der Waals surface area contributed by atoms with E-state index >= 15 is 0 Å². The quantitative estimate of drug-likeness (QED) is 0.537. The second kappa shape index (κ2) is 9.11. The molecule has 1 aromatic carbocycles. The Morgan fingerprint density at radius 2 is 1.89 bits per heavy atom. The Labute approximate surface area is 174 Å². The summed E-state index contributed by atoms with van der Waals surface area (Å²) in [5.41, 5.74) is 2.06. The molecular formula is C20H22Cl2N4S. The van der Waals surface area contributed by atoms with E-state index in [4.69, 9.17) is 28.2 Å². The van der Waals surface area contributed by atoms with Crippen LogP contribution in [0.25, 0.3) is 0 Å². The third-order valence-corrected chi connectivity index (χ3v) is 5.53. The average Bonchev–Trinajstić information content (AvgIpc) is 2.93. The molecule has 2 aromatic heterocycles. The molecule has 3 rings (SSSR count). The Morgan fingerprint density at radius 1 is 1.15 bits per heavy atom. The number of benzene rings is 1. The van der Waals surface area contributed by atoms with Crippen molar-refractivity contribution in [3.05, 3.63) is 69.9 Å². The van der Waals surface area contributed by atoms with Gasteiger partial charge < -0.3 is 9.88 Å². The van der Waals surface area contributed by atoms with Crippen LogP contribution < -0.4 is 5.32 Å². The molecule has 0 atom stereocenters. The minimum atomic E-state index is 0.294. The maximum Gasteiger partial charge on any atom is 0.124 e. The van der Waals surface area contributed by atoms with Gasteiger partial charge in [0, 0.05) is 21.1 Å². The molecule has 0 saturated heterocycles. The van der Waals surface area contributed by atoms with E-state index in [9.17, 15) is 0 Å². The van der Waals surface area contributed by atoms with Crippen LogP contribution in [0, 0.1) is 0 Å². The summed E-state index contributed by atoms with van der Waals surface area (Å²) in [5.74, 6) is 1.28. The first-order chi connectivity index (χ1) is 13.0. The zero-order valence-corrected chi connectivity index (χ0v) is 17.9. The zero-order valence-electron chi connectivity index (χ0n) is 15.5. The minimum Gasteiger partial charge on any atom is -0.316 e. The van der Waals surface area contributed by atoms with Crippen LogP contribution in [-0.4, -0.2) is 21.6 Å². The van der Waals surface area contributed by atoms with Crippen molar-refractivity contribution in [3.63, 3.8) is 0 Å². The highest BCUT2D eigenvalue weighted by molar-refractivity contribution is 7.99. The van der Waals surface area contributed by atoms with E-state index in [-0.39, 0.29) is 0 Å². The second-order valence-electron chi connectivity index (χ2n) is 6.52. The summed E-state index contributed by atoms with van der Waals surface area (Å²) in [6, 6.07) is 11.6. The van der Waals surface area contributed by atoms with Crippen LogP contribution in [0.5, 0.6) is 0 Å². The number of pyridine rings is 1. The predicted molar refractivity (Wildman–Crippen MR) is 113 cm³/mol. The van der Waals surface area contributed by atoms with Crippen LogP contribution in [0.1, 0.15) is 37.0 Å². The van der Waals surface area contributed by atoms with Crippen LogP contribution >= 0.6 is 35.0 Å². The largest absolute Gasteiger partial charge is 0.316 e. The van der Waals surface area contributed by atoms with Gasteiger partial charge in [-0.3, -0.25) is 4.98 Å². The van der Waals surface area contributed by atoms with E-state index in [0.29, 0.717) is 29.1 Å². The lowest BCUT2D eigenvalue weighted by Crippen LogP contribution is -2.14. The summed E-state index contributed by atoms with van der Waals surface area (Å²) in [6.07, 6.45) is 1.82. The van der Waals surface area contributed by atoms with Crippen molar-refractivity contribution in [2.75, 3.05) is 7.05 Å². The molecule has 0 bridgehead atoms. The molecule has 0 spiro atoms. The third kappa shape index (κ3) is 5.05. The first-order valence-electron chi connectivity index (χ1n) is 8.75. The number of hydrogen-bond donors (Lipinski definition) is 1. The molecule has 0 unspecified atom stereocenters. The number of halogens is 2. The molecule has 4 nitrogen and oxygen atoms in total. The van der Waals surface area contributed by atoms with Gasteiger partial charge in [0.15, 0.2) is 0 Å². The number of rotatable bonds is 7. The highest BCUT2D eigenvalue weighted by Gasteiger charge is 2.21. The first kappa shape index (κ1) is 20.2. The fourth-order valence-corrected chi connectivity index (χ4v) is 4.71. The molecular weight excluding hydrogens is 399 g/mol. The van der Waals surface area contributed by atoms with Crippen LogP contribution in [-0.2, 0) is 13.1 Å². The van der Waals surface area contributed by atoms with Gasteiger partial charge in [-0.15, -0.1) is 0 Å². The van der Waals surface area contributed by atoms with Crippen molar-refractivity contribution in [1.29, 1.82) is 0 Å². The van der Waals surface area contributed by atoms with E-state index < -0.39 is 0 Å². The maximum absolute atomic E-state index is 6.20. The number of hydrogen-bond acceptors (Lipinski definition) is 4. The standard InChI is InChI=1S/C20H22Cl2N4S/c1-13(2)19-20(27-17-9-14(21)8-15(22)10-17)26(18(25-19)11-23-3)12-16-6-4-5-7-24-16/h4-10,13,23H,11-12H2,1-3H3. The van der Waals surface area contributed by atoms with E-state index in [2.05, 4.69) is 28.7 Å². The smallest absolute Gasteiger partial charge is 0.124 e. The molecule has 0 aliphatic heterocycles. The van der Waals surface area contributed by atoms with Crippen LogP contribution in [0.2, 0.25) is 10.0 Å². The fraction of sp³-hybridized carbons (Fsp3) is 0.300. The average molecular weight is 421 g/mol. The van der Waals surface area contributed by atoms with Gasteiger partial charge in [-0.05, 0) is 43.3 Å². The van der Waals surface area contributed by atoms with Gasteiger partial charge >= 0.3 is 0 Å². The molecule has 0 aliphatic rings. The van der Waals surface area contributed by atoms with Crippen molar-refractivity contribution in [3.8, 4) is 0 Å². The molecule has 142 valence electrons. The number of nitrogens with zero attached hydrogens (tertiary/aromatic N) is 3. The molecule has 27 heavy (non-hydrogen) atoms. The van der Waals surface area contributed by atoms with E-state index in [1.807, 2.05) is 43.6 Å². The van der Waals surface area contributed by atoms with Crippen LogP contribution in [0.15, 0.2) is 52.5 Å². The van der Waals surface area contributed by atoms with E-state index in [1.165, 1.54) is 0 Å². The third-order valence-electron chi connectivity index (χ3n) is 4.00. The lowest BCUT2D eigenvalue weighted by atomic mass is 10.1. The Hall–Kier alpha value is -1.53. The topological polar surface area (TPSA) is 42.7 Å². The SMILES string of the molecule is CNCc1nc(C(C)C)c(Sc2cc(Cl)cc(Cl)c2)n1Cc1ccccn1. The minimum absolute atomic E-state index is 0.294. The van der Waals surface area contributed by atoms with Gasteiger partial charge in [0.2, 0.25) is 0 Å². The van der Waals surface area contributed by atoms with Gasteiger partial charge in [-0.25, -0.2) is 4.98 Å². The molecule has 7 heteroatoms. The summed E-state index contributed by atoms with van der Waals surface area (Å²) >= 11 is 14.0. The Morgan fingerprint density at radius 3 is 2.48 bits per heavy atom. The molecule has 3 aromatic rings. The number of nitrogens with one attached hydrogen (secondary N) is 1. The van der Waals surface area contributed by atoms with Crippen LogP contribution in [0.4, 0.5) is 0 Å². The van der Waals surface area contributed by atoms with Gasteiger partial charge in [0.05, 0.1) is 24.5 Å². The predicted octanol–water partition coefficient (Wildman–Crippen LogP) is 5.63. The normalized spacial score (nSPS) is 11.3. The van der Waals surface area contributed by atoms with Crippen molar-refractivity contribution < 1.29 is 0 Å². The number of aromatic nitrogens is 3. The summed E-state index contributed by atoms with van der Waals surface area (Å²) in [5, 5.41) is 5.57. The van der Waals surface area contributed by atoms with Crippen molar-refractivity contribution >= 4 is 35.0 Å². The number of imidazole rings is 1. The summed E-state index contributed by atoms with van der Waals surface area (Å²) in [6.45, 7) is 5.66. The van der Waals surface area contributed by atoms with Gasteiger partial charge in [-0.1, -0.05) is 54.9 Å². The highest BCUT2D eigenvalue weighted by atomic mass is 35.5. The van der Waals surface area contributed by atoms with Gasteiger partial charge in [0.25, 0.3) is 0 Å². The van der Waals surface area contributed by atoms with Gasteiger partial charge in [0.1, 0.15) is 10.9 Å². The van der Waals surface area contributed by atoms with E-state index in [0.717, 1.165) is 27.1 Å². The first-order valence-corrected chi connectivity index (χ1v) is 10.3. The summed E-state index contributed by atoms with van der Waals surface area (Å²) in [7, 11) is 1.93. The second-order valence-corrected chi connectivity index (χ2v) is 8.45. The van der Waals surface area contributed by atoms with Crippen molar-refractivity contribution in [2.45, 2.75) is 42.8 Å². The molecule has 0 amide bonds. The lowest BCUT2D eigenvalue weighted by molar-refractivity contribution is 0.629. The molecule has 0 saturated carbocycles. The summed E-state index contributed by atoms with van der Waals surface area (Å²) in [4.78, 5) is 10.4. The fourth-order valence-electron chi connectivity index (χ4n) is 2.80. The highest BCUT2D eigenvalue weighted by Crippen LogP contribution is 2.37. The van der Waals surface area contributed by atoms with Crippen LogP contribution in [0.3, 0.4) is 0 Å². The summed E-state index contributed by atoms with van der Waals surface area (Å²) < 4.78 is 2.23. The van der Waals surface area contributed by atoms with Crippen molar-refractivity contribution in [1.82, 2.24) is 19.9 Å². The Balaban J connectivity index is 2.08. The maximum atomic E-state index is 6.20. The monoisotopic (exact) mass is 420 g/mol. The molecule has 1 N–H and O–H groups in total. The Bertz CT molecular complexity index is 890. The Kier molecular flexibility index (Phi) is 6.82. The zero-order chi connectivity index (χ0) is 19.4.